The van der Waals surface area contributed by atoms with Crippen LogP contribution in [-0.2, 0) is 4.74 Å². The molecule has 1 saturated heterocycles. The predicted octanol–water partition coefficient (Wildman–Crippen LogP) is 2.01. The fourth-order valence-electron chi connectivity index (χ4n) is 3.01. The van der Waals surface area contributed by atoms with Gasteiger partial charge in [-0.05, 0) is 5.92 Å². The molecule has 28 heavy (non-hydrogen) atoms. The van der Waals surface area contributed by atoms with Crippen molar-refractivity contribution in [3.05, 3.63) is 23.6 Å². The highest BCUT2D eigenvalue weighted by Crippen LogP contribution is 2.30. The van der Waals surface area contributed by atoms with E-state index in [0.29, 0.717) is 60.9 Å². The number of nitrogens with one attached hydrogen (secondary N) is 3. The van der Waals surface area contributed by atoms with Gasteiger partial charge in [-0.15, -0.1) is 0 Å². The SMILES string of the molecule is CNC(=O)c1cc2nc(Nc3cc(C(C)C)[nH]n3)nc(N3CCOCC3)c2o1. The molecule has 1 aliphatic heterocycles. The van der Waals surface area contributed by atoms with Gasteiger partial charge in [-0.3, -0.25) is 9.89 Å². The van der Waals surface area contributed by atoms with Gasteiger partial charge in [-0.2, -0.15) is 10.1 Å². The number of ether oxygens (including phenoxy) is 1. The van der Waals surface area contributed by atoms with Gasteiger partial charge in [0.2, 0.25) is 5.95 Å². The van der Waals surface area contributed by atoms with E-state index in [1.54, 1.807) is 13.1 Å². The Kier molecular flexibility index (Phi) is 4.86. The van der Waals surface area contributed by atoms with Crippen molar-refractivity contribution in [2.75, 3.05) is 43.6 Å². The van der Waals surface area contributed by atoms with Crippen LogP contribution in [0, 0.1) is 0 Å². The molecule has 148 valence electrons. The quantitative estimate of drug-likeness (QED) is 0.610. The first kappa shape index (κ1) is 18.2. The number of aromatic amines is 1. The van der Waals surface area contributed by atoms with Gasteiger partial charge < -0.3 is 24.7 Å². The Hall–Kier alpha value is -3.14. The number of morpholine rings is 1. The topological polar surface area (TPSA) is 121 Å². The first-order chi connectivity index (χ1) is 13.5. The minimum atomic E-state index is -0.311. The van der Waals surface area contributed by atoms with Gasteiger partial charge in [0.15, 0.2) is 23.0 Å². The van der Waals surface area contributed by atoms with E-state index in [9.17, 15) is 4.79 Å². The number of carbonyl (C=O) groups is 1. The van der Waals surface area contributed by atoms with Crippen LogP contribution in [0.2, 0.25) is 0 Å². The van der Waals surface area contributed by atoms with Crippen LogP contribution >= 0.6 is 0 Å². The van der Waals surface area contributed by atoms with Crippen molar-refractivity contribution in [3.8, 4) is 0 Å². The zero-order valence-electron chi connectivity index (χ0n) is 16.1. The van der Waals surface area contributed by atoms with Crippen LogP contribution in [0.3, 0.4) is 0 Å². The summed E-state index contributed by atoms with van der Waals surface area (Å²) < 4.78 is 11.2. The third-order valence-electron chi connectivity index (χ3n) is 4.57. The lowest BCUT2D eigenvalue weighted by atomic mass is 10.1. The van der Waals surface area contributed by atoms with E-state index < -0.39 is 0 Å². The predicted molar refractivity (Wildman–Crippen MR) is 104 cm³/mol. The lowest BCUT2D eigenvalue weighted by Gasteiger charge is -2.27. The number of nitrogens with zero attached hydrogens (tertiary/aromatic N) is 4. The summed E-state index contributed by atoms with van der Waals surface area (Å²) in [6, 6.07) is 3.55. The zero-order chi connectivity index (χ0) is 19.7. The van der Waals surface area contributed by atoms with Crippen LogP contribution in [0.1, 0.15) is 36.0 Å². The molecular weight excluding hydrogens is 362 g/mol. The Balaban J connectivity index is 1.74. The lowest BCUT2D eigenvalue weighted by Crippen LogP contribution is -2.37. The number of aromatic nitrogens is 4. The molecule has 1 aliphatic rings. The molecule has 0 unspecified atom stereocenters. The third-order valence-corrected chi connectivity index (χ3v) is 4.57. The molecule has 1 amide bonds. The number of fused-ring (bicyclic) bond motifs is 1. The third kappa shape index (κ3) is 3.50. The van der Waals surface area contributed by atoms with Crippen LogP contribution < -0.4 is 15.5 Å². The van der Waals surface area contributed by atoms with Crippen molar-refractivity contribution in [1.82, 2.24) is 25.5 Å². The van der Waals surface area contributed by atoms with Gasteiger partial charge in [0.25, 0.3) is 5.91 Å². The monoisotopic (exact) mass is 385 g/mol. The minimum absolute atomic E-state index is 0.195. The normalized spacial score (nSPS) is 14.6. The smallest absolute Gasteiger partial charge is 0.286 e. The fourth-order valence-corrected chi connectivity index (χ4v) is 3.01. The van der Waals surface area contributed by atoms with Crippen LogP contribution in [0.25, 0.3) is 11.1 Å². The molecule has 0 bridgehead atoms. The average Bonchev–Trinajstić information content (AvgIpc) is 3.34. The van der Waals surface area contributed by atoms with Crippen molar-refractivity contribution in [3.63, 3.8) is 0 Å². The summed E-state index contributed by atoms with van der Waals surface area (Å²) in [7, 11) is 1.56. The highest BCUT2D eigenvalue weighted by atomic mass is 16.5. The first-order valence-electron chi connectivity index (χ1n) is 9.24. The Morgan fingerprint density at radius 2 is 2.04 bits per heavy atom. The molecule has 0 radical (unpaired) electrons. The van der Waals surface area contributed by atoms with Crippen LogP contribution in [0.4, 0.5) is 17.6 Å². The first-order valence-corrected chi connectivity index (χ1v) is 9.24. The van der Waals surface area contributed by atoms with Crippen LogP contribution in [0.15, 0.2) is 16.5 Å². The highest BCUT2D eigenvalue weighted by Gasteiger charge is 2.22. The highest BCUT2D eigenvalue weighted by molar-refractivity contribution is 5.97. The van der Waals surface area contributed by atoms with Crippen molar-refractivity contribution in [2.24, 2.45) is 0 Å². The van der Waals surface area contributed by atoms with Gasteiger partial charge in [-0.1, -0.05) is 13.8 Å². The van der Waals surface area contributed by atoms with Gasteiger partial charge in [0.05, 0.1) is 13.2 Å². The van der Waals surface area contributed by atoms with Crippen molar-refractivity contribution in [1.29, 1.82) is 0 Å². The zero-order valence-corrected chi connectivity index (χ0v) is 16.1. The summed E-state index contributed by atoms with van der Waals surface area (Å²) >= 11 is 0. The summed E-state index contributed by atoms with van der Waals surface area (Å²) in [6.45, 7) is 6.75. The van der Waals surface area contributed by atoms with Crippen LogP contribution in [-0.4, -0.2) is 59.4 Å². The Bertz CT molecular complexity index is 988. The van der Waals surface area contributed by atoms with E-state index >= 15 is 0 Å². The van der Waals surface area contributed by atoms with Crippen molar-refractivity contribution in [2.45, 2.75) is 19.8 Å². The second-order valence-corrected chi connectivity index (χ2v) is 6.86. The molecule has 3 N–H and O–H groups in total. The number of carbonyl (C=O) groups excluding carboxylic acids is 1. The summed E-state index contributed by atoms with van der Waals surface area (Å²) in [5.74, 6) is 1.87. The summed E-state index contributed by atoms with van der Waals surface area (Å²) in [4.78, 5) is 23.2. The van der Waals surface area contributed by atoms with E-state index in [2.05, 4.69) is 49.5 Å². The Morgan fingerprint density at radius 1 is 1.25 bits per heavy atom. The number of H-pyrrole nitrogens is 1. The second-order valence-electron chi connectivity index (χ2n) is 6.86. The molecule has 3 aromatic heterocycles. The van der Waals surface area contributed by atoms with Gasteiger partial charge >= 0.3 is 0 Å². The van der Waals surface area contributed by atoms with E-state index in [1.165, 1.54) is 0 Å². The molecule has 1 fully saturated rings. The van der Waals surface area contributed by atoms with Gasteiger partial charge in [0.1, 0.15) is 5.52 Å². The molecule has 0 atom stereocenters. The summed E-state index contributed by atoms with van der Waals surface area (Å²) in [5, 5.41) is 13.0. The van der Waals surface area contributed by atoms with E-state index in [4.69, 9.17) is 9.15 Å². The summed E-state index contributed by atoms with van der Waals surface area (Å²) in [6.07, 6.45) is 0. The molecule has 10 heteroatoms. The molecule has 4 heterocycles. The molecule has 0 spiro atoms. The molecule has 0 aliphatic carbocycles. The van der Waals surface area contributed by atoms with Crippen molar-refractivity contribution >= 4 is 34.6 Å². The van der Waals surface area contributed by atoms with E-state index in [0.717, 1.165) is 5.69 Å². The maximum atomic E-state index is 12.0. The fraction of sp³-hybridized carbons (Fsp3) is 0.444. The van der Waals surface area contributed by atoms with Crippen molar-refractivity contribution < 1.29 is 13.9 Å². The standard InChI is InChI=1S/C18H23N7O3/c1-10(2)11-9-14(24-23-11)21-18-20-12-8-13(17(26)19-3)28-15(12)16(22-18)25-4-6-27-7-5-25/h8-10H,4-7H2,1-3H3,(H,19,26)(H2,20,21,22,23,24). The lowest BCUT2D eigenvalue weighted by molar-refractivity contribution is 0.0937. The number of hydrogen-bond donors (Lipinski definition) is 3. The Labute approximate surface area is 161 Å². The second kappa shape index (κ2) is 7.47. The minimum Gasteiger partial charge on any atom is -0.445 e. The molecule has 0 aromatic carbocycles. The largest absolute Gasteiger partial charge is 0.445 e. The molecule has 10 nitrogen and oxygen atoms in total. The molecule has 4 rings (SSSR count). The van der Waals surface area contributed by atoms with E-state index in [1.807, 2.05) is 6.07 Å². The molecule has 0 saturated carbocycles. The maximum absolute atomic E-state index is 12.0. The molecule has 3 aromatic rings. The number of hydrogen-bond acceptors (Lipinski definition) is 8. The summed E-state index contributed by atoms with van der Waals surface area (Å²) in [5.41, 5.74) is 2.05. The van der Waals surface area contributed by atoms with Gasteiger partial charge in [-0.25, -0.2) is 4.98 Å². The van der Waals surface area contributed by atoms with Gasteiger partial charge in [0, 0.05) is 38.0 Å². The van der Waals surface area contributed by atoms with E-state index in [-0.39, 0.29) is 11.7 Å². The molecular formula is C18H23N7O3. The average molecular weight is 385 g/mol. The number of anilines is 3. The number of furan rings is 1. The van der Waals surface area contributed by atoms with Crippen LogP contribution in [0.5, 0.6) is 0 Å². The Morgan fingerprint density at radius 3 is 2.71 bits per heavy atom. The maximum Gasteiger partial charge on any atom is 0.286 e. The number of amides is 1. The number of rotatable bonds is 5.